The normalized spacial score (nSPS) is 10.0. The minimum atomic E-state index is -0.0624. The first-order valence-electron chi connectivity index (χ1n) is 8.09. The first-order valence-corrected chi connectivity index (χ1v) is 8.09. The van der Waals surface area contributed by atoms with Crippen LogP contribution in [0, 0.1) is 0 Å². The Morgan fingerprint density at radius 2 is 1.88 bits per heavy atom. The van der Waals surface area contributed by atoms with Crippen molar-refractivity contribution in [3.8, 4) is 5.75 Å². The predicted molar refractivity (Wildman–Crippen MR) is 98.8 cm³/mol. The number of rotatable bonds is 9. The van der Waals surface area contributed by atoms with Gasteiger partial charge in [0, 0.05) is 31.4 Å². The largest absolute Gasteiger partial charge is 0.490 e. The highest BCUT2D eigenvalue weighted by Gasteiger charge is 2.05. The Labute approximate surface area is 143 Å². The van der Waals surface area contributed by atoms with Gasteiger partial charge in [0.25, 0.3) is 5.91 Å². The maximum absolute atomic E-state index is 12.1. The number of ether oxygens (including phenoxy) is 1. The number of carbonyl (C=O) groups is 1. The van der Waals surface area contributed by atoms with Gasteiger partial charge in [-0.15, -0.1) is 0 Å². The lowest BCUT2D eigenvalue weighted by molar-refractivity contribution is 0.0953. The lowest BCUT2D eigenvalue weighted by Crippen LogP contribution is -2.28. The van der Waals surface area contributed by atoms with Crippen LogP contribution >= 0.6 is 0 Å². The van der Waals surface area contributed by atoms with Crippen LogP contribution in [0.2, 0.25) is 0 Å². The van der Waals surface area contributed by atoms with Crippen molar-refractivity contribution in [1.82, 2.24) is 5.32 Å². The summed E-state index contributed by atoms with van der Waals surface area (Å²) in [5.74, 6) is 0.670. The fourth-order valence-corrected chi connectivity index (χ4v) is 2.29. The van der Waals surface area contributed by atoms with Gasteiger partial charge in [0.1, 0.15) is 12.4 Å². The van der Waals surface area contributed by atoms with Crippen molar-refractivity contribution in [3.63, 3.8) is 0 Å². The van der Waals surface area contributed by atoms with Crippen LogP contribution in [0.5, 0.6) is 5.75 Å². The van der Waals surface area contributed by atoms with Crippen LogP contribution in [0.1, 0.15) is 16.8 Å². The Morgan fingerprint density at radius 1 is 1.17 bits per heavy atom. The molecule has 0 unspecified atom stereocenters. The summed E-state index contributed by atoms with van der Waals surface area (Å²) < 4.78 is 5.40. The molecule has 0 fully saturated rings. The maximum atomic E-state index is 12.1. The van der Waals surface area contributed by atoms with Crippen LogP contribution in [-0.2, 0) is 0 Å². The molecule has 1 amide bonds. The molecule has 4 heteroatoms. The molecular formula is C20H24N2O2. The second-order valence-corrected chi connectivity index (χ2v) is 5.49. The molecule has 24 heavy (non-hydrogen) atoms. The predicted octanol–water partition coefficient (Wildman–Crippen LogP) is 3.51. The summed E-state index contributed by atoms with van der Waals surface area (Å²) in [4.78, 5) is 14.3. The van der Waals surface area contributed by atoms with Gasteiger partial charge in [-0.1, -0.05) is 30.9 Å². The van der Waals surface area contributed by atoms with Crippen LogP contribution in [-0.4, -0.2) is 32.7 Å². The van der Waals surface area contributed by atoms with Gasteiger partial charge in [0.2, 0.25) is 0 Å². The Kier molecular flexibility index (Phi) is 6.90. The smallest absolute Gasteiger partial charge is 0.251 e. The molecule has 0 atom stereocenters. The zero-order valence-corrected chi connectivity index (χ0v) is 14.1. The number of anilines is 1. The molecule has 1 N–H and O–H groups in total. The molecule has 0 bridgehead atoms. The summed E-state index contributed by atoms with van der Waals surface area (Å²) in [6.07, 6.45) is 2.57. The van der Waals surface area contributed by atoms with Gasteiger partial charge in [0.15, 0.2) is 0 Å². The third kappa shape index (κ3) is 5.47. The van der Waals surface area contributed by atoms with E-state index in [1.54, 1.807) is 30.3 Å². The molecule has 0 radical (unpaired) electrons. The molecule has 4 nitrogen and oxygen atoms in total. The summed E-state index contributed by atoms with van der Waals surface area (Å²) in [5.41, 5.74) is 1.82. The minimum absolute atomic E-state index is 0.0624. The van der Waals surface area contributed by atoms with E-state index >= 15 is 0 Å². The Hall–Kier alpha value is -2.75. The van der Waals surface area contributed by atoms with E-state index < -0.39 is 0 Å². The van der Waals surface area contributed by atoms with Crippen LogP contribution in [0.4, 0.5) is 5.69 Å². The number of nitrogens with zero attached hydrogens (tertiary/aromatic N) is 1. The lowest BCUT2D eigenvalue weighted by Gasteiger charge is -2.19. The average molecular weight is 324 g/mol. The van der Waals surface area contributed by atoms with Crippen LogP contribution in [0.3, 0.4) is 0 Å². The maximum Gasteiger partial charge on any atom is 0.251 e. The van der Waals surface area contributed by atoms with Gasteiger partial charge in [0.05, 0.1) is 0 Å². The van der Waals surface area contributed by atoms with Crippen molar-refractivity contribution in [1.29, 1.82) is 0 Å². The van der Waals surface area contributed by atoms with Crippen molar-refractivity contribution in [2.24, 2.45) is 0 Å². The van der Waals surface area contributed by atoms with Gasteiger partial charge < -0.3 is 15.0 Å². The fraction of sp³-hybridized carbons (Fsp3) is 0.250. The van der Waals surface area contributed by atoms with E-state index in [0.717, 1.165) is 18.7 Å². The molecule has 0 aliphatic heterocycles. The first-order chi connectivity index (χ1) is 11.7. The highest BCUT2D eigenvalue weighted by molar-refractivity contribution is 5.94. The molecule has 2 rings (SSSR count). The van der Waals surface area contributed by atoms with Gasteiger partial charge >= 0.3 is 0 Å². The molecule has 126 valence electrons. The number of carbonyl (C=O) groups excluding carboxylic acids is 1. The number of amides is 1. The third-order valence-electron chi connectivity index (χ3n) is 3.64. The van der Waals surface area contributed by atoms with E-state index in [9.17, 15) is 4.79 Å². The summed E-state index contributed by atoms with van der Waals surface area (Å²) in [6.45, 7) is 5.59. The Morgan fingerprint density at radius 3 is 2.54 bits per heavy atom. The number of hydrogen-bond donors (Lipinski definition) is 1. The van der Waals surface area contributed by atoms with Gasteiger partial charge in [-0.2, -0.15) is 0 Å². The van der Waals surface area contributed by atoms with Crippen molar-refractivity contribution >= 4 is 11.6 Å². The topological polar surface area (TPSA) is 41.6 Å². The van der Waals surface area contributed by atoms with Crippen LogP contribution in [0.15, 0.2) is 67.3 Å². The molecule has 0 saturated carbocycles. The van der Waals surface area contributed by atoms with Crippen molar-refractivity contribution in [2.45, 2.75) is 6.42 Å². The highest BCUT2D eigenvalue weighted by Crippen LogP contribution is 2.12. The van der Waals surface area contributed by atoms with Crippen molar-refractivity contribution in [3.05, 3.63) is 72.8 Å². The highest BCUT2D eigenvalue weighted by atomic mass is 16.5. The quantitative estimate of drug-likeness (QED) is 0.567. The summed E-state index contributed by atoms with van der Waals surface area (Å²) >= 11 is 0. The number of nitrogens with one attached hydrogen (secondary N) is 1. The number of hydrogen-bond acceptors (Lipinski definition) is 3. The third-order valence-corrected chi connectivity index (χ3v) is 3.64. The summed E-state index contributed by atoms with van der Waals surface area (Å²) in [5, 5.41) is 2.95. The number of benzene rings is 2. The SMILES string of the molecule is C=CCOc1ccc(C(=O)NCCCN(C)c2ccccc2)cc1. The second kappa shape index (κ2) is 9.40. The van der Waals surface area contributed by atoms with Gasteiger partial charge in [-0.25, -0.2) is 0 Å². The van der Waals surface area contributed by atoms with Gasteiger partial charge in [-0.3, -0.25) is 4.79 Å². The lowest BCUT2D eigenvalue weighted by atomic mass is 10.2. The average Bonchev–Trinajstić information content (AvgIpc) is 2.64. The zero-order chi connectivity index (χ0) is 17.2. The molecule has 0 aliphatic rings. The molecular weight excluding hydrogens is 300 g/mol. The molecule has 0 aromatic heterocycles. The van der Waals surface area contributed by atoms with E-state index in [4.69, 9.17) is 4.74 Å². The molecule has 0 aliphatic carbocycles. The van der Waals surface area contributed by atoms with E-state index in [0.29, 0.717) is 18.7 Å². The van der Waals surface area contributed by atoms with Crippen LogP contribution in [0.25, 0.3) is 0 Å². The fourth-order valence-electron chi connectivity index (χ4n) is 2.29. The van der Waals surface area contributed by atoms with Gasteiger partial charge in [-0.05, 0) is 42.8 Å². The zero-order valence-electron chi connectivity index (χ0n) is 14.1. The van der Waals surface area contributed by atoms with E-state index in [-0.39, 0.29) is 5.91 Å². The molecule has 2 aromatic rings. The Bertz CT molecular complexity index is 638. The van der Waals surface area contributed by atoms with Crippen LogP contribution < -0.4 is 15.0 Å². The summed E-state index contributed by atoms with van der Waals surface area (Å²) in [7, 11) is 2.05. The Balaban J connectivity index is 1.72. The van der Waals surface area contributed by atoms with E-state index in [1.165, 1.54) is 5.69 Å². The molecule has 0 saturated heterocycles. The molecule has 0 spiro atoms. The van der Waals surface area contributed by atoms with E-state index in [2.05, 4.69) is 36.0 Å². The second-order valence-electron chi connectivity index (χ2n) is 5.49. The summed E-state index contributed by atoms with van der Waals surface area (Å²) in [6, 6.07) is 17.3. The first kappa shape index (κ1) is 17.6. The minimum Gasteiger partial charge on any atom is -0.490 e. The molecule has 2 aromatic carbocycles. The standard InChI is InChI=1S/C20H24N2O2/c1-3-16-24-19-12-10-17(11-13-19)20(23)21-14-7-15-22(2)18-8-5-4-6-9-18/h3-6,8-13H,1,7,14-16H2,2H3,(H,21,23). The number of para-hydroxylation sites is 1. The monoisotopic (exact) mass is 324 g/mol. The van der Waals surface area contributed by atoms with E-state index in [1.807, 2.05) is 18.2 Å². The molecule has 0 heterocycles. The van der Waals surface area contributed by atoms with Crippen molar-refractivity contribution < 1.29 is 9.53 Å². The van der Waals surface area contributed by atoms with Crippen molar-refractivity contribution in [2.75, 3.05) is 31.6 Å².